The Labute approximate surface area is 140 Å². The number of rotatable bonds is 2. The van der Waals surface area contributed by atoms with Crippen LogP contribution in [-0.4, -0.2) is 4.98 Å². The summed E-state index contributed by atoms with van der Waals surface area (Å²) in [6.07, 6.45) is 1.80. The summed E-state index contributed by atoms with van der Waals surface area (Å²) in [4.78, 5) is 4.36. The van der Waals surface area contributed by atoms with Crippen LogP contribution in [0.4, 0.5) is 11.5 Å². The molecule has 0 aliphatic rings. The van der Waals surface area contributed by atoms with E-state index < -0.39 is 0 Å². The summed E-state index contributed by atoms with van der Waals surface area (Å²) in [7, 11) is 0. The van der Waals surface area contributed by atoms with E-state index in [2.05, 4.69) is 65.8 Å². The van der Waals surface area contributed by atoms with Gasteiger partial charge in [-0.25, -0.2) is 4.98 Å². The third kappa shape index (κ3) is 1.93. The number of hydrogen-bond donors (Lipinski definition) is 1. The molecule has 0 fully saturated rings. The van der Waals surface area contributed by atoms with Gasteiger partial charge in [0, 0.05) is 11.9 Å². The van der Waals surface area contributed by atoms with E-state index in [1.165, 1.54) is 37.9 Å². The number of aryl methyl sites for hydroxylation is 1. The van der Waals surface area contributed by atoms with Crippen LogP contribution in [0.15, 0.2) is 72.9 Å². The molecule has 5 rings (SSSR count). The highest BCUT2D eigenvalue weighted by atomic mass is 15.0. The van der Waals surface area contributed by atoms with E-state index >= 15 is 0 Å². The molecule has 114 valence electrons. The molecule has 0 radical (unpaired) electrons. The summed E-state index contributed by atoms with van der Waals surface area (Å²) in [6.45, 7) is 2.19. The number of anilines is 2. The van der Waals surface area contributed by atoms with Crippen LogP contribution in [0, 0.1) is 6.92 Å². The molecule has 5 aromatic rings. The monoisotopic (exact) mass is 308 g/mol. The predicted molar refractivity (Wildman–Crippen MR) is 102 cm³/mol. The zero-order valence-electron chi connectivity index (χ0n) is 13.4. The van der Waals surface area contributed by atoms with Gasteiger partial charge < -0.3 is 5.32 Å². The predicted octanol–water partition coefficient (Wildman–Crippen LogP) is 6.03. The fraction of sp³-hybridized carbons (Fsp3) is 0.0455. The van der Waals surface area contributed by atoms with E-state index in [4.69, 9.17) is 0 Å². The molecule has 0 unspecified atom stereocenters. The quantitative estimate of drug-likeness (QED) is 0.403. The molecule has 0 bridgehead atoms. The largest absolute Gasteiger partial charge is 0.340 e. The van der Waals surface area contributed by atoms with Crippen molar-refractivity contribution >= 4 is 43.8 Å². The maximum Gasteiger partial charge on any atom is 0.130 e. The van der Waals surface area contributed by atoms with Crippen LogP contribution in [0.25, 0.3) is 32.3 Å². The molecule has 0 spiro atoms. The molecule has 1 aromatic heterocycles. The van der Waals surface area contributed by atoms with Gasteiger partial charge in [0.25, 0.3) is 0 Å². The molecular formula is C22H16N2. The number of aromatic nitrogens is 1. The Morgan fingerprint density at radius 3 is 2.46 bits per heavy atom. The second-order valence-corrected chi connectivity index (χ2v) is 6.30. The van der Waals surface area contributed by atoms with Gasteiger partial charge in [0.15, 0.2) is 0 Å². The van der Waals surface area contributed by atoms with E-state index in [9.17, 15) is 0 Å². The normalized spacial score (nSPS) is 11.5. The molecule has 1 heterocycles. The smallest absolute Gasteiger partial charge is 0.130 e. The third-order valence-corrected chi connectivity index (χ3v) is 4.72. The van der Waals surface area contributed by atoms with Gasteiger partial charge in [0.2, 0.25) is 0 Å². The van der Waals surface area contributed by atoms with Gasteiger partial charge in [-0.3, -0.25) is 0 Å². The molecular weight excluding hydrogens is 292 g/mol. The van der Waals surface area contributed by atoms with Crippen molar-refractivity contribution in [1.82, 2.24) is 4.98 Å². The highest BCUT2D eigenvalue weighted by Crippen LogP contribution is 2.38. The highest BCUT2D eigenvalue weighted by molar-refractivity contribution is 6.24. The average molecular weight is 308 g/mol. The molecule has 4 aromatic carbocycles. The topological polar surface area (TPSA) is 24.9 Å². The molecule has 0 saturated heterocycles. The molecule has 2 heteroatoms. The number of hydrogen-bond acceptors (Lipinski definition) is 2. The molecule has 0 aliphatic carbocycles. The number of nitrogens with zero attached hydrogens (tertiary/aromatic N) is 1. The van der Waals surface area contributed by atoms with Crippen LogP contribution in [0.2, 0.25) is 0 Å². The average Bonchev–Trinajstić information content (AvgIpc) is 2.61. The van der Waals surface area contributed by atoms with Gasteiger partial charge in [-0.05, 0) is 69.1 Å². The first-order valence-corrected chi connectivity index (χ1v) is 8.16. The summed E-state index contributed by atoms with van der Waals surface area (Å²) < 4.78 is 0. The first-order valence-electron chi connectivity index (χ1n) is 8.16. The second kappa shape index (κ2) is 4.93. The van der Waals surface area contributed by atoms with Crippen molar-refractivity contribution in [3.8, 4) is 0 Å². The Kier molecular flexibility index (Phi) is 2.74. The molecule has 0 atom stereocenters. The first kappa shape index (κ1) is 13.3. The molecule has 0 saturated carbocycles. The van der Waals surface area contributed by atoms with Crippen LogP contribution < -0.4 is 5.32 Å². The van der Waals surface area contributed by atoms with E-state index in [1.54, 1.807) is 6.20 Å². The summed E-state index contributed by atoms with van der Waals surface area (Å²) >= 11 is 0. The summed E-state index contributed by atoms with van der Waals surface area (Å²) in [5, 5.41) is 11.3. The Hall–Kier alpha value is -3.13. The Balaban J connectivity index is 1.82. The Bertz CT molecular complexity index is 1180. The van der Waals surface area contributed by atoms with E-state index in [0.29, 0.717) is 0 Å². The van der Waals surface area contributed by atoms with E-state index in [1.807, 2.05) is 18.2 Å². The van der Waals surface area contributed by atoms with Crippen molar-refractivity contribution in [3.05, 3.63) is 78.5 Å². The fourth-order valence-electron chi connectivity index (χ4n) is 3.67. The van der Waals surface area contributed by atoms with Gasteiger partial charge in [0.05, 0.1) is 0 Å². The van der Waals surface area contributed by atoms with Crippen molar-refractivity contribution in [2.24, 2.45) is 0 Å². The lowest BCUT2D eigenvalue weighted by atomic mass is 9.91. The summed E-state index contributed by atoms with van der Waals surface area (Å²) in [5.41, 5.74) is 2.37. The lowest BCUT2D eigenvalue weighted by Crippen LogP contribution is -1.94. The zero-order chi connectivity index (χ0) is 16.1. The summed E-state index contributed by atoms with van der Waals surface area (Å²) in [6, 6.07) is 23.6. The minimum Gasteiger partial charge on any atom is -0.340 e. The van der Waals surface area contributed by atoms with Crippen molar-refractivity contribution < 1.29 is 0 Å². The second-order valence-electron chi connectivity index (χ2n) is 6.30. The van der Waals surface area contributed by atoms with Crippen molar-refractivity contribution in [2.75, 3.05) is 5.32 Å². The molecule has 0 amide bonds. The lowest BCUT2D eigenvalue weighted by Gasteiger charge is -2.15. The van der Waals surface area contributed by atoms with Gasteiger partial charge in [-0.15, -0.1) is 0 Å². The van der Waals surface area contributed by atoms with E-state index in [-0.39, 0.29) is 0 Å². The Morgan fingerprint density at radius 1 is 0.750 bits per heavy atom. The van der Waals surface area contributed by atoms with Gasteiger partial charge in [-0.2, -0.15) is 0 Å². The van der Waals surface area contributed by atoms with Crippen LogP contribution in [0.3, 0.4) is 0 Å². The molecule has 24 heavy (non-hydrogen) atoms. The van der Waals surface area contributed by atoms with Crippen LogP contribution in [0.1, 0.15) is 5.56 Å². The van der Waals surface area contributed by atoms with Crippen LogP contribution in [0.5, 0.6) is 0 Å². The first-order chi connectivity index (χ1) is 11.8. The van der Waals surface area contributed by atoms with E-state index in [0.717, 1.165) is 11.5 Å². The minimum atomic E-state index is 0.864. The lowest BCUT2D eigenvalue weighted by molar-refractivity contribution is 1.31. The zero-order valence-corrected chi connectivity index (χ0v) is 13.4. The van der Waals surface area contributed by atoms with Crippen molar-refractivity contribution in [2.45, 2.75) is 6.92 Å². The standard InChI is InChI=1S/C22H16N2/c1-14-11-16-6-4-5-15-8-9-17-12-18(13-19(14)22(17)21(15)16)24-20-7-2-3-10-23-20/h2-13H,1H3,(H,23,24). The molecule has 1 N–H and O–H groups in total. The van der Waals surface area contributed by atoms with Crippen molar-refractivity contribution in [3.63, 3.8) is 0 Å². The minimum absolute atomic E-state index is 0.864. The van der Waals surface area contributed by atoms with Crippen LogP contribution in [-0.2, 0) is 0 Å². The maximum absolute atomic E-state index is 4.36. The molecule has 2 nitrogen and oxygen atoms in total. The number of benzene rings is 4. The third-order valence-electron chi connectivity index (χ3n) is 4.72. The number of nitrogens with one attached hydrogen (secondary N) is 1. The fourth-order valence-corrected chi connectivity index (χ4v) is 3.67. The Morgan fingerprint density at radius 2 is 1.58 bits per heavy atom. The number of pyridine rings is 1. The molecule has 0 aliphatic heterocycles. The van der Waals surface area contributed by atoms with Gasteiger partial charge >= 0.3 is 0 Å². The SMILES string of the molecule is Cc1cc2cccc3ccc4cc(Nc5ccccn5)cc1c4c32. The highest BCUT2D eigenvalue weighted by Gasteiger charge is 2.11. The maximum atomic E-state index is 4.36. The van der Waals surface area contributed by atoms with Crippen LogP contribution >= 0.6 is 0 Å². The van der Waals surface area contributed by atoms with Gasteiger partial charge in [0.1, 0.15) is 5.82 Å². The van der Waals surface area contributed by atoms with Gasteiger partial charge in [-0.1, -0.05) is 42.5 Å². The van der Waals surface area contributed by atoms with Crippen molar-refractivity contribution in [1.29, 1.82) is 0 Å². The summed E-state index contributed by atoms with van der Waals surface area (Å²) in [5.74, 6) is 0.864.